The van der Waals surface area contributed by atoms with Crippen LogP contribution in [0.15, 0.2) is 24.3 Å². The Kier molecular flexibility index (Phi) is 7.13. The van der Waals surface area contributed by atoms with E-state index in [4.69, 9.17) is 12.2 Å². The number of nitrogens with one attached hydrogen (secondary N) is 2. The van der Waals surface area contributed by atoms with Gasteiger partial charge in [0.25, 0.3) is 0 Å². The van der Waals surface area contributed by atoms with Crippen molar-refractivity contribution in [3.63, 3.8) is 0 Å². The van der Waals surface area contributed by atoms with E-state index in [1.807, 2.05) is 0 Å². The predicted molar refractivity (Wildman–Crippen MR) is 131 cm³/mol. The number of likely N-dealkylation sites (N-methyl/N-ethyl adjacent to an activating group) is 1. The highest BCUT2D eigenvalue weighted by Gasteiger charge is 2.40. The van der Waals surface area contributed by atoms with E-state index in [0.29, 0.717) is 6.04 Å². The largest absolute Gasteiger partial charge is 0.378 e. The molecule has 4 fully saturated rings. The van der Waals surface area contributed by atoms with Crippen molar-refractivity contribution < 1.29 is 0 Å². The number of fused-ring (bicyclic) bond motifs is 3. The van der Waals surface area contributed by atoms with E-state index in [-0.39, 0.29) is 0 Å². The van der Waals surface area contributed by atoms with Crippen LogP contribution in [0.3, 0.4) is 0 Å². The predicted octanol–water partition coefficient (Wildman–Crippen LogP) is 2.00. The lowest BCUT2D eigenvalue weighted by Gasteiger charge is -2.51. The van der Waals surface area contributed by atoms with Crippen LogP contribution in [0.5, 0.6) is 0 Å². The first-order valence-electron chi connectivity index (χ1n) is 11.4. The van der Waals surface area contributed by atoms with Gasteiger partial charge in [0, 0.05) is 77.3 Å². The Balaban J connectivity index is 1.21. The summed E-state index contributed by atoms with van der Waals surface area (Å²) in [6.07, 6.45) is 2.68. The summed E-state index contributed by atoms with van der Waals surface area (Å²) in [5.74, 6) is 1.72. The van der Waals surface area contributed by atoms with Crippen LogP contribution in [-0.4, -0.2) is 99.4 Å². The van der Waals surface area contributed by atoms with Gasteiger partial charge in [-0.2, -0.15) is 0 Å². The molecule has 166 valence electrons. The van der Waals surface area contributed by atoms with Crippen molar-refractivity contribution in [3.8, 4) is 0 Å². The highest BCUT2D eigenvalue weighted by Crippen LogP contribution is 2.36. The zero-order chi connectivity index (χ0) is 21.1. The molecule has 4 aliphatic rings. The highest BCUT2D eigenvalue weighted by molar-refractivity contribution is 7.80. The van der Waals surface area contributed by atoms with Crippen LogP contribution in [0.1, 0.15) is 12.8 Å². The van der Waals surface area contributed by atoms with E-state index in [9.17, 15) is 0 Å². The third kappa shape index (κ3) is 5.44. The van der Waals surface area contributed by atoms with Gasteiger partial charge < -0.3 is 25.3 Å². The number of piperidine rings is 3. The standard InChI is InChI=1S/C23H38N6S/c1-26(2)21-6-4-20(5-7-21)25-23(30)24-15-22-14-18-8-9-29(22)17-19(18)16-28-12-10-27(3)11-13-28/h4-7,18-19,22H,8-17H2,1-3H3,(H2,24,25,30)/t18-,19+,22+/m0/s1. The van der Waals surface area contributed by atoms with Gasteiger partial charge in [0.1, 0.15) is 0 Å². The highest BCUT2D eigenvalue weighted by atomic mass is 32.1. The van der Waals surface area contributed by atoms with Gasteiger partial charge in [-0.1, -0.05) is 0 Å². The molecule has 0 spiro atoms. The van der Waals surface area contributed by atoms with E-state index >= 15 is 0 Å². The third-order valence-corrected chi connectivity index (χ3v) is 7.49. The van der Waals surface area contributed by atoms with Gasteiger partial charge in [-0.25, -0.2) is 0 Å². The lowest BCUT2D eigenvalue weighted by molar-refractivity contribution is -0.0151. The van der Waals surface area contributed by atoms with Gasteiger partial charge in [0.2, 0.25) is 0 Å². The van der Waals surface area contributed by atoms with Crippen molar-refractivity contribution in [1.82, 2.24) is 20.0 Å². The van der Waals surface area contributed by atoms with Crippen molar-refractivity contribution >= 4 is 28.7 Å². The topological polar surface area (TPSA) is 37.0 Å². The molecular formula is C23H38N6S. The number of thiocarbonyl (C=S) groups is 1. The van der Waals surface area contributed by atoms with Crippen LogP contribution >= 0.6 is 12.2 Å². The Bertz CT molecular complexity index is 700. The van der Waals surface area contributed by atoms with Crippen molar-refractivity contribution in [2.45, 2.75) is 18.9 Å². The Morgan fingerprint density at radius 1 is 1.10 bits per heavy atom. The first-order chi connectivity index (χ1) is 14.5. The maximum atomic E-state index is 5.55. The molecule has 6 nitrogen and oxygen atoms in total. The number of hydrogen-bond donors (Lipinski definition) is 2. The number of piperazine rings is 1. The number of hydrogen-bond acceptors (Lipinski definition) is 5. The molecular weight excluding hydrogens is 392 g/mol. The van der Waals surface area contributed by atoms with E-state index < -0.39 is 0 Å². The molecule has 0 saturated carbocycles. The normalized spacial score (nSPS) is 29.6. The van der Waals surface area contributed by atoms with Crippen LogP contribution in [0.2, 0.25) is 0 Å². The molecule has 1 unspecified atom stereocenters. The summed E-state index contributed by atoms with van der Waals surface area (Å²) in [5.41, 5.74) is 2.23. The van der Waals surface area contributed by atoms with Gasteiger partial charge in [-0.05, 0) is 74.8 Å². The first-order valence-corrected chi connectivity index (χ1v) is 11.9. The van der Waals surface area contributed by atoms with Crippen molar-refractivity contribution in [2.75, 3.05) is 83.7 Å². The number of anilines is 2. The maximum Gasteiger partial charge on any atom is 0.170 e. The number of nitrogens with zero attached hydrogens (tertiary/aromatic N) is 4. The van der Waals surface area contributed by atoms with Gasteiger partial charge in [0.05, 0.1) is 0 Å². The average molecular weight is 431 g/mol. The minimum Gasteiger partial charge on any atom is -0.378 e. The van der Waals surface area contributed by atoms with Gasteiger partial charge in [-0.15, -0.1) is 0 Å². The Morgan fingerprint density at radius 2 is 1.83 bits per heavy atom. The van der Waals surface area contributed by atoms with Gasteiger partial charge in [0.15, 0.2) is 5.11 Å². The van der Waals surface area contributed by atoms with Crippen LogP contribution in [0, 0.1) is 11.8 Å². The molecule has 4 atom stereocenters. The fourth-order valence-corrected chi connectivity index (χ4v) is 5.46. The summed E-state index contributed by atoms with van der Waals surface area (Å²) >= 11 is 5.55. The smallest absolute Gasteiger partial charge is 0.170 e. The zero-order valence-electron chi connectivity index (χ0n) is 18.8. The lowest BCUT2D eigenvalue weighted by atomic mass is 9.75. The monoisotopic (exact) mass is 430 g/mol. The molecule has 30 heavy (non-hydrogen) atoms. The van der Waals surface area contributed by atoms with Gasteiger partial charge >= 0.3 is 0 Å². The van der Waals surface area contributed by atoms with Gasteiger partial charge in [-0.3, -0.25) is 4.90 Å². The average Bonchev–Trinajstić information content (AvgIpc) is 2.75. The summed E-state index contributed by atoms with van der Waals surface area (Å²) in [6, 6.07) is 8.99. The Labute approximate surface area is 187 Å². The fraction of sp³-hybridized carbons (Fsp3) is 0.696. The lowest BCUT2D eigenvalue weighted by Crippen LogP contribution is -2.59. The minimum atomic E-state index is 0.614. The maximum absolute atomic E-state index is 5.55. The van der Waals surface area contributed by atoms with Crippen LogP contribution < -0.4 is 15.5 Å². The van der Waals surface area contributed by atoms with E-state index in [2.05, 4.69) is 75.6 Å². The zero-order valence-corrected chi connectivity index (χ0v) is 19.6. The molecule has 4 saturated heterocycles. The van der Waals surface area contributed by atoms with E-state index in [1.165, 1.54) is 64.3 Å². The fourth-order valence-electron chi connectivity index (χ4n) is 5.26. The second kappa shape index (κ2) is 9.81. The second-order valence-corrected chi connectivity index (χ2v) is 9.98. The Morgan fingerprint density at radius 3 is 2.47 bits per heavy atom. The molecule has 0 aliphatic carbocycles. The van der Waals surface area contributed by atoms with E-state index in [1.54, 1.807) is 0 Å². The summed E-state index contributed by atoms with van der Waals surface area (Å²) < 4.78 is 0. The Hall–Kier alpha value is -1.41. The molecule has 4 heterocycles. The van der Waals surface area contributed by atoms with Crippen LogP contribution in [0.4, 0.5) is 11.4 Å². The minimum absolute atomic E-state index is 0.614. The first kappa shape index (κ1) is 21.8. The molecule has 1 aromatic rings. The third-order valence-electron chi connectivity index (χ3n) is 7.24. The molecule has 7 heteroatoms. The molecule has 2 bridgehead atoms. The van der Waals surface area contributed by atoms with E-state index in [0.717, 1.165) is 29.2 Å². The molecule has 4 aliphatic heterocycles. The SMILES string of the molecule is CN1CCN(C[C@@H]2CN3CC[C@H]2C[C@@H]3CNC(=S)Nc2ccc(N(C)C)cc2)CC1. The molecule has 0 aromatic heterocycles. The molecule has 2 N–H and O–H groups in total. The molecule has 5 rings (SSSR count). The second-order valence-electron chi connectivity index (χ2n) is 9.57. The van der Waals surface area contributed by atoms with Crippen molar-refractivity contribution in [3.05, 3.63) is 24.3 Å². The summed E-state index contributed by atoms with van der Waals surface area (Å²) in [6.45, 7) is 9.65. The van der Waals surface area contributed by atoms with Crippen molar-refractivity contribution in [2.24, 2.45) is 11.8 Å². The number of rotatable bonds is 6. The summed E-state index contributed by atoms with van der Waals surface area (Å²) in [4.78, 5) is 9.95. The molecule has 0 amide bonds. The number of benzene rings is 1. The molecule has 0 radical (unpaired) electrons. The quantitative estimate of drug-likeness (QED) is 0.669. The van der Waals surface area contributed by atoms with Crippen molar-refractivity contribution in [1.29, 1.82) is 0 Å². The van der Waals surface area contributed by atoms with Crippen LogP contribution in [0.25, 0.3) is 0 Å². The summed E-state index contributed by atoms with van der Waals surface area (Å²) in [7, 11) is 6.34. The summed E-state index contributed by atoms with van der Waals surface area (Å²) in [5, 5.41) is 7.53. The molecule has 1 aromatic carbocycles. The van der Waals surface area contributed by atoms with Crippen LogP contribution in [-0.2, 0) is 0 Å².